The lowest BCUT2D eigenvalue weighted by Gasteiger charge is -2.20. The van der Waals surface area contributed by atoms with Crippen LogP contribution in [0.4, 0.5) is 11.4 Å². The lowest BCUT2D eigenvalue weighted by Crippen LogP contribution is -2.29. The fraction of sp³-hybridized carbons (Fsp3) is 0.281. The molecule has 3 aromatic carbocycles. The third-order valence-electron chi connectivity index (χ3n) is 8.46. The number of fused-ring (bicyclic) bond motifs is 3. The van der Waals surface area contributed by atoms with Gasteiger partial charge in [0.2, 0.25) is 0 Å². The predicted octanol–water partition coefficient (Wildman–Crippen LogP) is 6.04. The van der Waals surface area contributed by atoms with Gasteiger partial charge in [-0.15, -0.1) is 0 Å². The van der Waals surface area contributed by atoms with E-state index < -0.39 is 10.0 Å². The van der Waals surface area contributed by atoms with Gasteiger partial charge in [-0.2, -0.15) is 0 Å². The number of aromatic nitrogens is 1. The minimum atomic E-state index is -3.82. The third-order valence-corrected chi connectivity index (χ3v) is 10.8. The average molecular weight is 648 g/mol. The van der Waals surface area contributed by atoms with E-state index >= 15 is 0 Å². The van der Waals surface area contributed by atoms with Gasteiger partial charge in [-0.1, -0.05) is 15.9 Å². The van der Waals surface area contributed by atoms with Gasteiger partial charge in [0.1, 0.15) is 12.4 Å². The van der Waals surface area contributed by atoms with Gasteiger partial charge < -0.3 is 15.0 Å². The number of rotatable bonds is 7. The Morgan fingerprint density at radius 2 is 1.83 bits per heavy atom. The first-order valence-corrected chi connectivity index (χ1v) is 16.5. The molecule has 2 N–H and O–H groups in total. The zero-order valence-corrected chi connectivity index (χ0v) is 25.6. The van der Waals surface area contributed by atoms with Gasteiger partial charge in [0.25, 0.3) is 15.9 Å². The van der Waals surface area contributed by atoms with Gasteiger partial charge in [0.15, 0.2) is 0 Å². The van der Waals surface area contributed by atoms with E-state index in [9.17, 15) is 13.2 Å². The van der Waals surface area contributed by atoms with Crippen LogP contribution in [0.3, 0.4) is 0 Å². The highest BCUT2D eigenvalue weighted by Gasteiger charge is 2.34. The van der Waals surface area contributed by atoms with Crippen molar-refractivity contribution in [3.05, 3.63) is 82.0 Å². The first-order chi connectivity index (χ1) is 20.3. The standard InChI is InChI=1S/C32H31BrN4O4S/c1-20(29-18-22-17-24(5-7-27(22)34-29)41-15-14-36-11-2-3-12-36)31-26-19-25(6-8-28(26)35-32(31)38)42(39,40)37-13-10-21-16-23(33)4-9-30(21)37/h4-9,16-19,34H,2-3,10-15H2,1H3,(H,35,38)/b31-20-. The maximum atomic E-state index is 13.8. The number of allylic oxidation sites excluding steroid dienone is 1. The molecule has 3 aliphatic heterocycles. The van der Waals surface area contributed by atoms with Crippen LogP contribution in [-0.4, -0.2) is 57.0 Å². The summed E-state index contributed by atoms with van der Waals surface area (Å²) in [6, 6.07) is 18.5. The molecule has 4 heterocycles. The number of likely N-dealkylation sites (tertiary alicyclic amines) is 1. The number of ether oxygens (including phenoxy) is 1. The summed E-state index contributed by atoms with van der Waals surface area (Å²) in [6.07, 6.45) is 3.17. The molecule has 0 saturated carbocycles. The fourth-order valence-corrected chi connectivity index (χ4v) is 8.17. The van der Waals surface area contributed by atoms with Gasteiger partial charge >= 0.3 is 0 Å². The molecule has 1 amide bonds. The maximum absolute atomic E-state index is 13.8. The van der Waals surface area contributed by atoms with Crippen LogP contribution in [0.2, 0.25) is 0 Å². The zero-order valence-electron chi connectivity index (χ0n) is 23.2. The quantitative estimate of drug-likeness (QED) is 0.239. The molecule has 0 unspecified atom stereocenters. The fourth-order valence-electron chi connectivity index (χ4n) is 6.23. The van der Waals surface area contributed by atoms with Crippen molar-refractivity contribution < 1.29 is 17.9 Å². The lowest BCUT2D eigenvalue weighted by atomic mass is 10.00. The number of halogens is 1. The molecule has 0 radical (unpaired) electrons. The molecule has 4 aromatic rings. The minimum absolute atomic E-state index is 0.159. The van der Waals surface area contributed by atoms with Crippen molar-refractivity contribution in [2.24, 2.45) is 0 Å². The number of carbonyl (C=O) groups is 1. The highest BCUT2D eigenvalue weighted by Crippen LogP contribution is 2.41. The largest absolute Gasteiger partial charge is 0.492 e. The third kappa shape index (κ3) is 4.81. The van der Waals surface area contributed by atoms with E-state index in [1.54, 1.807) is 18.2 Å². The average Bonchev–Trinajstić information content (AvgIpc) is 3.77. The van der Waals surface area contributed by atoms with Gasteiger partial charge in [-0.3, -0.25) is 14.0 Å². The Morgan fingerprint density at radius 1 is 1.00 bits per heavy atom. The monoisotopic (exact) mass is 646 g/mol. The SMILES string of the molecule is C/C(=C1/C(=O)Nc2ccc(S(=O)(=O)N3CCc4cc(Br)ccc43)cc21)c1cc2cc(OCCN3CCCC3)ccc2[nH]1. The number of benzene rings is 3. The van der Waals surface area contributed by atoms with Crippen molar-refractivity contribution in [2.75, 3.05) is 42.4 Å². The Kier molecular flexibility index (Phi) is 6.87. The van der Waals surface area contributed by atoms with Crippen molar-refractivity contribution in [3.8, 4) is 5.75 Å². The van der Waals surface area contributed by atoms with E-state index in [2.05, 4.69) is 31.1 Å². The minimum Gasteiger partial charge on any atom is -0.492 e. The number of nitrogens with zero attached hydrogens (tertiary/aromatic N) is 2. The molecule has 3 aliphatic rings. The second kappa shape index (κ2) is 10.6. The first-order valence-electron chi connectivity index (χ1n) is 14.2. The smallest absolute Gasteiger partial charge is 0.264 e. The second-order valence-electron chi connectivity index (χ2n) is 11.1. The van der Waals surface area contributed by atoms with Crippen LogP contribution in [0.25, 0.3) is 22.0 Å². The molecule has 0 aliphatic carbocycles. The molecule has 0 spiro atoms. The highest BCUT2D eigenvalue weighted by molar-refractivity contribution is 9.10. The van der Waals surface area contributed by atoms with Crippen molar-refractivity contribution in [2.45, 2.75) is 31.1 Å². The maximum Gasteiger partial charge on any atom is 0.264 e. The molecule has 8 nitrogen and oxygen atoms in total. The molecule has 1 aromatic heterocycles. The van der Waals surface area contributed by atoms with Crippen LogP contribution in [0, 0.1) is 0 Å². The number of anilines is 2. The molecular weight excluding hydrogens is 616 g/mol. The molecule has 7 rings (SSSR count). The molecule has 1 saturated heterocycles. The van der Waals surface area contributed by atoms with Crippen LogP contribution in [0.1, 0.15) is 36.6 Å². The van der Waals surface area contributed by atoms with Crippen LogP contribution in [0.5, 0.6) is 5.75 Å². The normalized spacial score (nSPS) is 18.0. The lowest BCUT2D eigenvalue weighted by molar-refractivity contribution is -0.110. The molecule has 10 heteroatoms. The van der Waals surface area contributed by atoms with E-state index in [4.69, 9.17) is 4.74 Å². The summed E-state index contributed by atoms with van der Waals surface area (Å²) < 4.78 is 36.0. The Balaban J connectivity index is 1.18. The first kappa shape index (κ1) is 27.2. The number of sulfonamides is 1. The number of H-pyrrole nitrogens is 1. The van der Waals surface area contributed by atoms with Gasteiger partial charge in [-0.25, -0.2) is 8.42 Å². The summed E-state index contributed by atoms with van der Waals surface area (Å²) in [7, 11) is -3.82. The summed E-state index contributed by atoms with van der Waals surface area (Å²) >= 11 is 3.47. The number of nitrogens with one attached hydrogen (secondary N) is 2. The number of hydrogen-bond donors (Lipinski definition) is 2. The number of carbonyl (C=O) groups excluding carboxylic acids is 1. The van der Waals surface area contributed by atoms with E-state index in [1.165, 1.54) is 17.1 Å². The summed E-state index contributed by atoms with van der Waals surface area (Å²) in [5, 5.41) is 3.89. The van der Waals surface area contributed by atoms with Crippen molar-refractivity contribution >= 4 is 65.3 Å². The summed E-state index contributed by atoms with van der Waals surface area (Å²) in [5.74, 6) is 0.560. The van der Waals surface area contributed by atoms with Crippen LogP contribution < -0.4 is 14.4 Å². The van der Waals surface area contributed by atoms with Gasteiger partial charge in [0, 0.05) is 45.4 Å². The van der Waals surface area contributed by atoms with Crippen LogP contribution >= 0.6 is 15.9 Å². The van der Waals surface area contributed by atoms with Gasteiger partial charge in [-0.05, 0) is 111 Å². The topological polar surface area (TPSA) is 94.7 Å². The van der Waals surface area contributed by atoms with Crippen LogP contribution in [-0.2, 0) is 21.2 Å². The summed E-state index contributed by atoms with van der Waals surface area (Å²) in [4.78, 5) is 19.2. The summed E-state index contributed by atoms with van der Waals surface area (Å²) in [6.45, 7) is 6.13. The van der Waals surface area contributed by atoms with E-state index in [0.717, 1.165) is 57.6 Å². The molecule has 216 valence electrons. The van der Waals surface area contributed by atoms with Crippen molar-refractivity contribution in [1.82, 2.24) is 9.88 Å². The Labute approximate surface area is 253 Å². The molecule has 0 bridgehead atoms. The summed E-state index contributed by atoms with van der Waals surface area (Å²) in [5.41, 5.74) is 5.79. The Bertz CT molecular complexity index is 1870. The Hall–Kier alpha value is -3.60. The number of hydrogen-bond acceptors (Lipinski definition) is 5. The van der Waals surface area contributed by atoms with E-state index in [-0.39, 0.29) is 10.8 Å². The second-order valence-corrected chi connectivity index (χ2v) is 13.9. The van der Waals surface area contributed by atoms with Gasteiger partial charge in [0.05, 0.1) is 16.2 Å². The van der Waals surface area contributed by atoms with Crippen LogP contribution in [0.15, 0.2) is 70.0 Å². The molecule has 42 heavy (non-hydrogen) atoms. The predicted molar refractivity (Wildman–Crippen MR) is 169 cm³/mol. The zero-order chi connectivity index (χ0) is 29.0. The van der Waals surface area contributed by atoms with Crippen molar-refractivity contribution in [1.29, 1.82) is 0 Å². The number of amides is 1. The molecular formula is C32H31BrN4O4S. The van der Waals surface area contributed by atoms with E-state index in [1.807, 2.05) is 49.4 Å². The number of aromatic amines is 1. The molecule has 0 atom stereocenters. The molecule has 1 fully saturated rings. The highest BCUT2D eigenvalue weighted by atomic mass is 79.9. The van der Waals surface area contributed by atoms with E-state index in [0.29, 0.717) is 42.1 Å². The Morgan fingerprint density at radius 3 is 2.67 bits per heavy atom. The van der Waals surface area contributed by atoms with Crippen molar-refractivity contribution in [3.63, 3.8) is 0 Å².